The van der Waals surface area contributed by atoms with E-state index in [9.17, 15) is 4.21 Å². The lowest BCUT2D eigenvalue weighted by Gasteiger charge is -2.03. The summed E-state index contributed by atoms with van der Waals surface area (Å²) >= 11 is 1.60. The van der Waals surface area contributed by atoms with E-state index in [4.69, 9.17) is 5.73 Å². The van der Waals surface area contributed by atoms with Crippen LogP contribution in [0.2, 0.25) is 0 Å². The SMILES string of the molecule is Cc1nc(CS(=O)CCC(C)N)cs1. The van der Waals surface area contributed by atoms with Gasteiger partial charge in [0, 0.05) is 28.0 Å². The van der Waals surface area contributed by atoms with Gasteiger partial charge in [-0.3, -0.25) is 4.21 Å². The van der Waals surface area contributed by atoms with E-state index < -0.39 is 10.8 Å². The Bertz CT molecular complexity index is 310. The summed E-state index contributed by atoms with van der Waals surface area (Å²) in [6, 6.07) is 0.135. The summed E-state index contributed by atoms with van der Waals surface area (Å²) in [4.78, 5) is 4.27. The van der Waals surface area contributed by atoms with Crippen LogP contribution in [0.15, 0.2) is 5.38 Å². The summed E-state index contributed by atoms with van der Waals surface area (Å²) in [7, 11) is -0.814. The van der Waals surface area contributed by atoms with Crippen molar-refractivity contribution in [1.82, 2.24) is 4.98 Å². The Hall–Kier alpha value is -0.260. The molecule has 1 aromatic heterocycles. The molecule has 1 rings (SSSR count). The molecular formula is C9H16N2OS2. The van der Waals surface area contributed by atoms with Crippen LogP contribution < -0.4 is 5.73 Å². The average Bonchev–Trinajstić information content (AvgIpc) is 2.48. The Morgan fingerprint density at radius 3 is 2.93 bits per heavy atom. The number of nitrogens with two attached hydrogens (primary N) is 1. The summed E-state index contributed by atoms with van der Waals surface area (Å²) in [5, 5.41) is 3.00. The molecule has 2 N–H and O–H groups in total. The maximum Gasteiger partial charge on any atom is 0.0897 e. The minimum Gasteiger partial charge on any atom is -0.328 e. The van der Waals surface area contributed by atoms with Crippen molar-refractivity contribution in [3.63, 3.8) is 0 Å². The van der Waals surface area contributed by atoms with Crippen LogP contribution in [0.3, 0.4) is 0 Å². The molecule has 5 heteroatoms. The molecule has 0 spiro atoms. The van der Waals surface area contributed by atoms with Crippen LogP contribution in [-0.2, 0) is 16.6 Å². The van der Waals surface area contributed by atoms with Crippen molar-refractivity contribution in [2.24, 2.45) is 5.73 Å². The van der Waals surface area contributed by atoms with E-state index in [1.54, 1.807) is 11.3 Å². The zero-order valence-corrected chi connectivity index (χ0v) is 10.2. The molecule has 1 heterocycles. The van der Waals surface area contributed by atoms with Crippen molar-refractivity contribution in [3.05, 3.63) is 16.1 Å². The molecule has 14 heavy (non-hydrogen) atoms. The molecule has 0 aliphatic rings. The van der Waals surface area contributed by atoms with Crippen LogP contribution in [0.1, 0.15) is 24.0 Å². The zero-order chi connectivity index (χ0) is 10.6. The fourth-order valence-electron chi connectivity index (χ4n) is 1.03. The normalized spacial score (nSPS) is 15.4. The van der Waals surface area contributed by atoms with Crippen LogP contribution in [0.5, 0.6) is 0 Å². The number of aryl methyl sites for hydroxylation is 1. The Morgan fingerprint density at radius 1 is 1.71 bits per heavy atom. The van der Waals surface area contributed by atoms with Gasteiger partial charge in [-0.15, -0.1) is 11.3 Å². The first-order valence-corrected chi connectivity index (χ1v) is 6.96. The maximum atomic E-state index is 11.5. The van der Waals surface area contributed by atoms with Gasteiger partial charge in [0.2, 0.25) is 0 Å². The second kappa shape index (κ2) is 5.58. The number of hydrogen-bond acceptors (Lipinski definition) is 4. The summed E-state index contributed by atoms with van der Waals surface area (Å²) in [6.07, 6.45) is 0.815. The summed E-state index contributed by atoms with van der Waals surface area (Å²) in [5.74, 6) is 1.24. The Morgan fingerprint density at radius 2 is 2.43 bits per heavy atom. The van der Waals surface area contributed by atoms with E-state index in [2.05, 4.69) is 4.98 Å². The van der Waals surface area contributed by atoms with Crippen molar-refractivity contribution in [2.45, 2.75) is 32.1 Å². The minimum atomic E-state index is -0.814. The van der Waals surface area contributed by atoms with Crippen LogP contribution in [0.25, 0.3) is 0 Å². The molecule has 2 atom stereocenters. The number of aromatic nitrogens is 1. The van der Waals surface area contributed by atoms with Crippen molar-refractivity contribution < 1.29 is 4.21 Å². The molecule has 0 saturated heterocycles. The highest BCUT2D eigenvalue weighted by molar-refractivity contribution is 7.84. The van der Waals surface area contributed by atoms with Gasteiger partial charge in [-0.1, -0.05) is 0 Å². The first kappa shape index (κ1) is 11.8. The fourth-order valence-corrected chi connectivity index (χ4v) is 3.00. The molecule has 0 saturated carbocycles. The number of thiazole rings is 1. The Kier molecular flexibility index (Phi) is 4.71. The molecule has 0 radical (unpaired) electrons. The van der Waals surface area contributed by atoms with E-state index in [0.717, 1.165) is 17.1 Å². The van der Waals surface area contributed by atoms with Gasteiger partial charge in [0.15, 0.2) is 0 Å². The highest BCUT2D eigenvalue weighted by Crippen LogP contribution is 2.10. The van der Waals surface area contributed by atoms with Gasteiger partial charge in [-0.25, -0.2) is 4.98 Å². The summed E-state index contributed by atoms with van der Waals surface area (Å²) in [5.41, 5.74) is 6.53. The van der Waals surface area contributed by atoms with Crippen molar-refractivity contribution in [3.8, 4) is 0 Å². The van der Waals surface area contributed by atoms with Gasteiger partial charge >= 0.3 is 0 Å². The number of hydrogen-bond donors (Lipinski definition) is 1. The monoisotopic (exact) mass is 232 g/mol. The highest BCUT2D eigenvalue weighted by Gasteiger charge is 2.05. The van der Waals surface area contributed by atoms with E-state index in [1.165, 1.54) is 0 Å². The lowest BCUT2D eigenvalue weighted by molar-refractivity contribution is 0.667. The van der Waals surface area contributed by atoms with Gasteiger partial charge in [0.1, 0.15) is 0 Å². The van der Waals surface area contributed by atoms with Crippen LogP contribution in [-0.4, -0.2) is 21.0 Å². The predicted molar refractivity (Wildman–Crippen MR) is 61.8 cm³/mol. The predicted octanol–water partition coefficient (Wildman–Crippen LogP) is 1.44. The smallest absolute Gasteiger partial charge is 0.0897 e. The topological polar surface area (TPSA) is 56.0 Å². The molecule has 0 fully saturated rings. The van der Waals surface area contributed by atoms with Crippen LogP contribution in [0.4, 0.5) is 0 Å². The van der Waals surface area contributed by atoms with Gasteiger partial charge in [0.25, 0.3) is 0 Å². The molecule has 80 valence electrons. The summed E-state index contributed by atoms with van der Waals surface area (Å²) in [6.45, 7) is 3.89. The molecule has 3 nitrogen and oxygen atoms in total. The first-order valence-electron chi connectivity index (χ1n) is 4.59. The molecule has 0 bridgehead atoms. The van der Waals surface area contributed by atoms with E-state index >= 15 is 0 Å². The molecule has 0 amide bonds. The van der Waals surface area contributed by atoms with Crippen molar-refractivity contribution in [1.29, 1.82) is 0 Å². The Labute approximate surface area is 91.2 Å². The van der Waals surface area contributed by atoms with Gasteiger partial charge in [-0.2, -0.15) is 0 Å². The maximum absolute atomic E-state index is 11.5. The molecule has 2 unspecified atom stereocenters. The molecule has 1 aromatic rings. The number of nitrogens with zero attached hydrogens (tertiary/aromatic N) is 1. The second-order valence-electron chi connectivity index (χ2n) is 3.41. The average molecular weight is 232 g/mol. The Balaban J connectivity index is 2.34. The second-order valence-corrected chi connectivity index (χ2v) is 6.05. The van der Waals surface area contributed by atoms with Crippen LogP contribution in [0, 0.1) is 6.92 Å². The third-order valence-electron chi connectivity index (χ3n) is 1.78. The van der Waals surface area contributed by atoms with E-state index in [1.807, 2.05) is 19.2 Å². The van der Waals surface area contributed by atoms with Crippen LogP contribution >= 0.6 is 11.3 Å². The van der Waals surface area contributed by atoms with E-state index in [-0.39, 0.29) is 6.04 Å². The lowest BCUT2D eigenvalue weighted by atomic mass is 10.3. The van der Waals surface area contributed by atoms with Gasteiger partial charge in [-0.05, 0) is 20.3 Å². The molecular weight excluding hydrogens is 216 g/mol. The molecule has 0 aliphatic heterocycles. The fraction of sp³-hybridized carbons (Fsp3) is 0.667. The van der Waals surface area contributed by atoms with Gasteiger partial charge < -0.3 is 5.73 Å². The standard InChI is InChI=1S/C9H16N2OS2/c1-7(10)3-4-14(12)6-9-5-13-8(2)11-9/h5,7H,3-4,6,10H2,1-2H3. The lowest BCUT2D eigenvalue weighted by Crippen LogP contribution is -2.18. The highest BCUT2D eigenvalue weighted by atomic mass is 32.2. The minimum absolute atomic E-state index is 0.135. The summed E-state index contributed by atoms with van der Waals surface area (Å²) < 4.78 is 11.5. The largest absolute Gasteiger partial charge is 0.328 e. The third kappa shape index (κ3) is 4.30. The molecule has 0 aromatic carbocycles. The van der Waals surface area contributed by atoms with Gasteiger partial charge in [0.05, 0.1) is 16.5 Å². The quantitative estimate of drug-likeness (QED) is 0.835. The number of rotatable bonds is 5. The van der Waals surface area contributed by atoms with Crippen molar-refractivity contribution >= 4 is 22.1 Å². The van der Waals surface area contributed by atoms with E-state index in [0.29, 0.717) is 11.5 Å². The molecule has 0 aliphatic carbocycles. The van der Waals surface area contributed by atoms with Crippen molar-refractivity contribution in [2.75, 3.05) is 5.75 Å². The first-order chi connectivity index (χ1) is 6.58. The zero-order valence-electron chi connectivity index (χ0n) is 8.53. The third-order valence-corrected chi connectivity index (χ3v) is 3.91.